The van der Waals surface area contributed by atoms with Gasteiger partial charge in [0.05, 0.1) is 32.3 Å². The number of hydrogen-bond acceptors (Lipinski definition) is 5. The average Bonchev–Trinajstić information content (AvgIpc) is 3.21. The Bertz CT molecular complexity index is 885. The van der Waals surface area contributed by atoms with E-state index in [1.54, 1.807) is 25.4 Å². The number of methoxy groups -OCH3 is 1. The minimum atomic E-state index is -0.0890. The third kappa shape index (κ3) is 3.85. The number of piperidine rings is 1. The van der Waals surface area contributed by atoms with Crippen molar-refractivity contribution in [3.63, 3.8) is 0 Å². The summed E-state index contributed by atoms with van der Waals surface area (Å²) >= 11 is 0. The minimum absolute atomic E-state index is 0.0199. The number of likely N-dealkylation sites (tertiary alicyclic amines) is 1. The molecule has 4 rings (SSSR count). The average molecular weight is 398 g/mol. The maximum atomic E-state index is 13.0. The van der Waals surface area contributed by atoms with Crippen LogP contribution in [0.2, 0.25) is 0 Å². The van der Waals surface area contributed by atoms with Crippen LogP contribution in [-0.2, 0) is 22.7 Å². The lowest BCUT2D eigenvalue weighted by molar-refractivity contribution is -0.125. The summed E-state index contributed by atoms with van der Waals surface area (Å²) in [6, 6.07) is 7.82. The monoisotopic (exact) mass is 398 g/mol. The molecule has 0 saturated carbocycles. The molecule has 1 fully saturated rings. The van der Waals surface area contributed by atoms with Crippen LogP contribution in [0.4, 0.5) is 0 Å². The number of imidazole rings is 1. The van der Waals surface area contributed by atoms with E-state index in [9.17, 15) is 9.59 Å². The Morgan fingerprint density at radius 3 is 2.59 bits per heavy atom. The molecular weight excluding hydrogens is 372 g/mol. The lowest BCUT2D eigenvalue weighted by Crippen LogP contribution is -2.42. The Morgan fingerprint density at radius 1 is 1.21 bits per heavy atom. The molecule has 3 heterocycles. The van der Waals surface area contributed by atoms with Crippen molar-refractivity contribution in [3.8, 4) is 5.75 Å². The van der Waals surface area contributed by atoms with Gasteiger partial charge in [0.25, 0.3) is 5.91 Å². The summed E-state index contributed by atoms with van der Waals surface area (Å²) in [6.45, 7) is 2.09. The fourth-order valence-electron chi connectivity index (χ4n) is 4.02. The summed E-state index contributed by atoms with van der Waals surface area (Å²) < 4.78 is 13.2. The van der Waals surface area contributed by atoms with Gasteiger partial charge in [0, 0.05) is 26.1 Å². The van der Waals surface area contributed by atoms with Crippen molar-refractivity contribution in [1.82, 2.24) is 19.8 Å². The van der Waals surface area contributed by atoms with Gasteiger partial charge >= 0.3 is 0 Å². The van der Waals surface area contributed by atoms with Crippen molar-refractivity contribution in [2.45, 2.75) is 32.1 Å². The van der Waals surface area contributed by atoms with Crippen LogP contribution in [0.1, 0.15) is 40.7 Å². The van der Waals surface area contributed by atoms with E-state index in [4.69, 9.17) is 9.47 Å². The van der Waals surface area contributed by atoms with Crippen LogP contribution in [0.3, 0.4) is 0 Å². The molecule has 8 nitrogen and oxygen atoms in total. The van der Waals surface area contributed by atoms with E-state index in [1.807, 2.05) is 28.8 Å². The topological polar surface area (TPSA) is 85.7 Å². The Labute approximate surface area is 169 Å². The molecule has 0 spiro atoms. The van der Waals surface area contributed by atoms with Crippen molar-refractivity contribution in [3.05, 3.63) is 47.5 Å². The zero-order chi connectivity index (χ0) is 20.4. The molecule has 8 heteroatoms. The largest absolute Gasteiger partial charge is 0.497 e. The van der Waals surface area contributed by atoms with E-state index >= 15 is 0 Å². The van der Waals surface area contributed by atoms with Gasteiger partial charge in [-0.2, -0.15) is 0 Å². The Balaban J connectivity index is 1.43. The van der Waals surface area contributed by atoms with Crippen LogP contribution in [-0.4, -0.2) is 53.5 Å². The molecule has 0 bridgehead atoms. The molecule has 0 radical (unpaired) electrons. The molecule has 1 N–H and O–H groups in total. The molecule has 2 amide bonds. The molecule has 1 atom stereocenters. The molecule has 2 aliphatic rings. The third-order valence-electron chi connectivity index (χ3n) is 5.82. The second-order valence-electron chi connectivity index (χ2n) is 7.45. The number of carbonyl (C=O) groups excluding carboxylic acids is 2. The number of aromatic nitrogens is 2. The smallest absolute Gasteiger partial charge is 0.274 e. The van der Waals surface area contributed by atoms with Crippen molar-refractivity contribution < 1.29 is 19.1 Å². The first kappa shape index (κ1) is 19.4. The van der Waals surface area contributed by atoms with Crippen LogP contribution in [0.25, 0.3) is 0 Å². The predicted octanol–water partition coefficient (Wildman–Crippen LogP) is 1.76. The number of benzene rings is 1. The second-order valence-corrected chi connectivity index (χ2v) is 7.45. The number of nitrogens with zero attached hydrogens (tertiary/aromatic N) is 3. The van der Waals surface area contributed by atoms with Crippen LogP contribution < -0.4 is 10.1 Å². The van der Waals surface area contributed by atoms with Crippen molar-refractivity contribution in [2.75, 3.05) is 27.2 Å². The first-order valence-corrected chi connectivity index (χ1v) is 9.91. The number of amides is 2. The predicted molar refractivity (Wildman–Crippen MR) is 105 cm³/mol. The van der Waals surface area contributed by atoms with Crippen LogP contribution in [0.15, 0.2) is 30.6 Å². The maximum Gasteiger partial charge on any atom is 0.274 e. The fourth-order valence-corrected chi connectivity index (χ4v) is 4.02. The zero-order valence-corrected chi connectivity index (χ0v) is 16.8. The van der Waals surface area contributed by atoms with E-state index < -0.39 is 0 Å². The quantitative estimate of drug-likeness (QED) is 0.848. The zero-order valence-electron chi connectivity index (χ0n) is 16.8. The van der Waals surface area contributed by atoms with Gasteiger partial charge in [-0.25, -0.2) is 4.98 Å². The van der Waals surface area contributed by atoms with E-state index in [2.05, 4.69) is 10.3 Å². The summed E-state index contributed by atoms with van der Waals surface area (Å²) in [5.41, 5.74) is 2.33. The summed E-state index contributed by atoms with van der Waals surface area (Å²) in [7, 11) is 3.29. The van der Waals surface area contributed by atoms with E-state index in [0.717, 1.165) is 17.0 Å². The van der Waals surface area contributed by atoms with E-state index in [1.165, 1.54) is 0 Å². The molecule has 29 heavy (non-hydrogen) atoms. The van der Waals surface area contributed by atoms with Gasteiger partial charge in [-0.15, -0.1) is 0 Å². The summed E-state index contributed by atoms with van der Waals surface area (Å²) in [5.74, 6) is 0.754. The molecule has 2 aromatic rings. The maximum absolute atomic E-state index is 13.0. The van der Waals surface area contributed by atoms with E-state index in [-0.39, 0.29) is 23.8 Å². The number of hydrogen-bond donors (Lipinski definition) is 1. The van der Waals surface area contributed by atoms with Gasteiger partial charge in [-0.3, -0.25) is 9.59 Å². The lowest BCUT2D eigenvalue weighted by atomic mass is 9.95. The first-order valence-electron chi connectivity index (χ1n) is 9.91. The van der Waals surface area contributed by atoms with Crippen molar-refractivity contribution in [2.24, 2.45) is 5.92 Å². The summed E-state index contributed by atoms with van der Waals surface area (Å²) in [6.07, 6.45) is 2.99. The van der Waals surface area contributed by atoms with Gasteiger partial charge in [-0.1, -0.05) is 12.1 Å². The molecule has 0 aliphatic carbocycles. The highest BCUT2D eigenvalue weighted by Crippen LogP contribution is 2.29. The highest BCUT2D eigenvalue weighted by atomic mass is 16.5. The van der Waals surface area contributed by atoms with E-state index in [0.29, 0.717) is 44.8 Å². The molecular formula is C21H26N4O4. The highest BCUT2D eigenvalue weighted by Gasteiger charge is 2.31. The normalized spacial score (nSPS) is 19.5. The molecule has 1 aromatic heterocycles. The molecule has 1 aromatic carbocycles. The highest BCUT2D eigenvalue weighted by molar-refractivity contribution is 5.93. The van der Waals surface area contributed by atoms with Gasteiger partial charge in [0.2, 0.25) is 5.91 Å². The lowest BCUT2D eigenvalue weighted by Gasteiger charge is -2.31. The number of fused-ring (bicyclic) bond motifs is 1. The van der Waals surface area contributed by atoms with Crippen LogP contribution in [0, 0.1) is 5.92 Å². The third-order valence-corrected chi connectivity index (χ3v) is 5.82. The minimum Gasteiger partial charge on any atom is -0.497 e. The summed E-state index contributed by atoms with van der Waals surface area (Å²) in [4.78, 5) is 31.0. The Kier molecular flexibility index (Phi) is 5.53. The first-order chi connectivity index (χ1) is 14.1. The fraction of sp³-hybridized carbons (Fsp3) is 0.476. The molecule has 154 valence electrons. The molecule has 2 aliphatic heterocycles. The number of carbonyl (C=O) groups is 2. The van der Waals surface area contributed by atoms with Gasteiger partial charge in [-0.05, 0) is 30.5 Å². The molecule has 1 saturated heterocycles. The summed E-state index contributed by atoms with van der Waals surface area (Å²) in [5, 5.41) is 2.69. The van der Waals surface area contributed by atoms with Gasteiger partial charge in [0.1, 0.15) is 11.9 Å². The second kappa shape index (κ2) is 8.24. The van der Waals surface area contributed by atoms with Crippen LogP contribution in [0.5, 0.6) is 5.75 Å². The number of nitrogens with one attached hydrogen (secondary N) is 1. The number of ether oxygens (including phenoxy) is 2. The Morgan fingerprint density at radius 2 is 1.93 bits per heavy atom. The van der Waals surface area contributed by atoms with Gasteiger partial charge < -0.3 is 24.3 Å². The van der Waals surface area contributed by atoms with Crippen LogP contribution >= 0.6 is 0 Å². The van der Waals surface area contributed by atoms with Gasteiger partial charge in [0.15, 0.2) is 5.69 Å². The standard InChI is InChI=1S/C21H26N4O4/c1-22-20(26)15-7-9-24(10-8-15)21(27)19-17-12-29-18(11-25(17)13-23-19)14-3-5-16(28-2)6-4-14/h3-6,13,15,18H,7-12H2,1-2H3,(H,22,26)/t18-/m1/s1. The Hall–Kier alpha value is -2.87. The SMILES string of the molecule is CNC(=O)C1CCN(C(=O)c2ncn3c2CO[C@@H](c2ccc(OC)cc2)C3)CC1. The number of rotatable bonds is 4. The van der Waals surface area contributed by atoms with Crippen molar-refractivity contribution >= 4 is 11.8 Å². The molecule has 0 unspecified atom stereocenters. The van der Waals surface area contributed by atoms with Crippen molar-refractivity contribution in [1.29, 1.82) is 0 Å².